The van der Waals surface area contributed by atoms with Crippen molar-refractivity contribution in [3.63, 3.8) is 0 Å². The predicted molar refractivity (Wildman–Crippen MR) is 58.0 cm³/mol. The molecule has 5 heteroatoms. The van der Waals surface area contributed by atoms with Crippen LogP contribution < -0.4 is 5.73 Å². The standard InChI is InChI=1S/C12H8FNO3/c13-10-3-1-7(12(14)16)5-9(10)11-4-2-8(6-15)17-11/h1-6H,(H2,14,16). The molecule has 0 bridgehead atoms. The number of rotatable bonds is 3. The number of halogens is 1. The van der Waals surface area contributed by atoms with Crippen molar-refractivity contribution < 1.29 is 18.4 Å². The van der Waals surface area contributed by atoms with Gasteiger partial charge in [-0.05, 0) is 30.3 Å². The number of nitrogens with two attached hydrogens (primary N) is 1. The van der Waals surface area contributed by atoms with Gasteiger partial charge < -0.3 is 10.2 Å². The molecular formula is C12H8FNO3. The second kappa shape index (κ2) is 4.21. The maximum absolute atomic E-state index is 13.5. The first-order valence-corrected chi connectivity index (χ1v) is 4.76. The Morgan fingerprint density at radius 3 is 2.65 bits per heavy atom. The fourth-order valence-corrected chi connectivity index (χ4v) is 1.43. The van der Waals surface area contributed by atoms with E-state index in [1.807, 2.05) is 0 Å². The van der Waals surface area contributed by atoms with E-state index in [4.69, 9.17) is 10.2 Å². The van der Waals surface area contributed by atoms with Crippen molar-refractivity contribution in [3.05, 3.63) is 47.5 Å². The van der Waals surface area contributed by atoms with Crippen LogP contribution in [0.5, 0.6) is 0 Å². The lowest BCUT2D eigenvalue weighted by atomic mass is 10.1. The molecule has 0 fully saturated rings. The SMILES string of the molecule is NC(=O)c1ccc(F)c(-c2ccc(C=O)o2)c1. The number of primary amides is 1. The summed E-state index contributed by atoms with van der Waals surface area (Å²) in [5.74, 6) is -0.952. The van der Waals surface area contributed by atoms with Crippen molar-refractivity contribution in [2.24, 2.45) is 5.73 Å². The zero-order valence-corrected chi connectivity index (χ0v) is 8.64. The third-order valence-electron chi connectivity index (χ3n) is 2.26. The van der Waals surface area contributed by atoms with E-state index in [1.165, 1.54) is 24.3 Å². The Kier molecular flexibility index (Phi) is 2.74. The van der Waals surface area contributed by atoms with Crippen LogP contribution in [-0.2, 0) is 0 Å². The fourth-order valence-electron chi connectivity index (χ4n) is 1.43. The van der Waals surface area contributed by atoms with Gasteiger partial charge in [0, 0.05) is 5.56 Å². The highest BCUT2D eigenvalue weighted by Crippen LogP contribution is 2.25. The van der Waals surface area contributed by atoms with Crippen LogP contribution in [0.1, 0.15) is 20.9 Å². The van der Waals surface area contributed by atoms with E-state index in [0.717, 1.165) is 6.07 Å². The van der Waals surface area contributed by atoms with Crippen LogP contribution in [0.2, 0.25) is 0 Å². The number of amides is 1. The number of benzene rings is 1. The zero-order chi connectivity index (χ0) is 12.4. The Morgan fingerprint density at radius 1 is 1.29 bits per heavy atom. The molecule has 86 valence electrons. The van der Waals surface area contributed by atoms with Crippen molar-refractivity contribution in [3.8, 4) is 11.3 Å². The van der Waals surface area contributed by atoms with Crippen LogP contribution >= 0.6 is 0 Å². The molecule has 1 aromatic carbocycles. The Morgan fingerprint density at radius 2 is 2.06 bits per heavy atom. The maximum atomic E-state index is 13.5. The quantitative estimate of drug-likeness (QED) is 0.824. The van der Waals surface area contributed by atoms with Crippen molar-refractivity contribution in [1.82, 2.24) is 0 Å². The zero-order valence-electron chi connectivity index (χ0n) is 8.64. The molecule has 0 aliphatic heterocycles. The minimum absolute atomic E-state index is 0.0869. The summed E-state index contributed by atoms with van der Waals surface area (Å²) in [5.41, 5.74) is 5.36. The highest BCUT2D eigenvalue weighted by molar-refractivity contribution is 5.94. The topological polar surface area (TPSA) is 73.3 Å². The lowest BCUT2D eigenvalue weighted by Crippen LogP contribution is -2.11. The molecule has 0 saturated carbocycles. The maximum Gasteiger partial charge on any atom is 0.248 e. The number of hydrogen-bond acceptors (Lipinski definition) is 3. The van der Waals surface area contributed by atoms with Gasteiger partial charge in [0.05, 0.1) is 5.56 Å². The van der Waals surface area contributed by atoms with E-state index in [1.54, 1.807) is 0 Å². The predicted octanol–water partition coefficient (Wildman–Crippen LogP) is 2.00. The van der Waals surface area contributed by atoms with Gasteiger partial charge in [0.25, 0.3) is 0 Å². The van der Waals surface area contributed by atoms with Crippen LogP contribution in [0, 0.1) is 5.82 Å². The Balaban J connectivity index is 2.53. The minimum atomic E-state index is -0.659. The van der Waals surface area contributed by atoms with Gasteiger partial charge in [0.2, 0.25) is 5.91 Å². The molecular weight excluding hydrogens is 225 g/mol. The van der Waals surface area contributed by atoms with Crippen LogP contribution in [-0.4, -0.2) is 12.2 Å². The monoisotopic (exact) mass is 233 g/mol. The normalized spacial score (nSPS) is 10.2. The number of furan rings is 1. The van der Waals surface area contributed by atoms with Gasteiger partial charge in [-0.1, -0.05) is 0 Å². The summed E-state index contributed by atoms with van der Waals surface area (Å²) in [6.45, 7) is 0. The molecule has 2 aromatic rings. The summed E-state index contributed by atoms with van der Waals surface area (Å²) in [7, 11) is 0. The largest absolute Gasteiger partial charge is 0.453 e. The molecule has 1 amide bonds. The third-order valence-corrected chi connectivity index (χ3v) is 2.26. The summed E-state index contributed by atoms with van der Waals surface area (Å²) in [6, 6.07) is 6.56. The molecule has 0 aliphatic carbocycles. The van der Waals surface area contributed by atoms with Crippen molar-refractivity contribution in [2.75, 3.05) is 0 Å². The fraction of sp³-hybridized carbons (Fsp3) is 0. The second-order valence-electron chi connectivity index (χ2n) is 3.38. The third kappa shape index (κ3) is 2.08. The molecule has 1 aromatic heterocycles. The Labute approximate surface area is 95.8 Å². The molecule has 4 nitrogen and oxygen atoms in total. The lowest BCUT2D eigenvalue weighted by Gasteiger charge is -2.01. The number of carbonyl (C=O) groups is 2. The molecule has 2 rings (SSSR count). The first-order chi connectivity index (χ1) is 8.11. The minimum Gasteiger partial charge on any atom is -0.453 e. The molecule has 0 aliphatic rings. The summed E-state index contributed by atoms with van der Waals surface area (Å²) in [5, 5.41) is 0. The Bertz CT molecular complexity index is 589. The summed E-state index contributed by atoms with van der Waals surface area (Å²) in [6.07, 6.45) is 0.513. The van der Waals surface area contributed by atoms with Gasteiger partial charge in [-0.2, -0.15) is 0 Å². The van der Waals surface area contributed by atoms with Crippen LogP contribution in [0.4, 0.5) is 4.39 Å². The van der Waals surface area contributed by atoms with Crippen LogP contribution in [0.25, 0.3) is 11.3 Å². The number of carbonyl (C=O) groups excluding carboxylic acids is 2. The molecule has 2 N–H and O–H groups in total. The highest BCUT2D eigenvalue weighted by Gasteiger charge is 2.12. The molecule has 0 spiro atoms. The van der Waals surface area contributed by atoms with Crippen molar-refractivity contribution in [1.29, 1.82) is 0 Å². The molecule has 17 heavy (non-hydrogen) atoms. The van der Waals surface area contributed by atoms with E-state index in [0.29, 0.717) is 6.29 Å². The van der Waals surface area contributed by atoms with Crippen LogP contribution in [0.3, 0.4) is 0 Å². The van der Waals surface area contributed by atoms with E-state index < -0.39 is 11.7 Å². The molecule has 1 heterocycles. The van der Waals surface area contributed by atoms with E-state index in [-0.39, 0.29) is 22.6 Å². The first kappa shape index (κ1) is 11.1. The summed E-state index contributed by atoms with van der Waals surface area (Å²) >= 11 is 0. The van der Waals surface area contributed by atoms with Crippen molar-refractivity contribution >= 4 is 12.2 Å². The summed E-state index contributed by atoms with van der Waals surface area (Å²) in [4.78, 5) is 21.4. The number of hydrogen-bond donors (Lipinski definition) is 1. The molecule has 0 atom stereocenters. The van der Waals surface area contributed by atoms with Gasteiger partial charge in [0.1, 0.15) is 11.6 Å². The van der Waals surface area contributed by atoms with Gasteiger partial charge >= 0.3 is 0 Å². The number of aldehydes is 1. The van der Waals surface area contributed by atoms with Gasteiger partial charge in [-0.15, -0.1) is 0 Å². The lowest BCUT2D eigenvalue weighted by molar-refractivity contribution is 0.0999. The van der Waals surface area contributed by atoms with Gasteiger partial charge in [0.15, 0.2) is 12.0 Å². The Hall–Kier alpha value is -2.43. The van der Waals surface area contributed by atoms with Crippen molar-refractivity contribution in [2.45, 2.75) is 0 Å². The van der Waals surface area contributed by atoms with E-state index in [9.17, 15) is 14.0 Å². The molecule has 0 saturated heterocycles. The molecule has 0 radical (unpaired) electrons. The smallest absolute Gasteiger partial charge is 0.248 e. The second-order valence-corrected chi connectivity index (χ2v) is 3.38. The van der Waals surface area contributed by atoms with E-state index in [2.05, 4.69) is 0 Å². The average Bonchev–Trinajstić information content (AvgIpc) is 2.77. The highest BCUT2D eigenvalue weighted by atomic mass is 19.1. The summed E-state index contributed by atoms with van der Waals surface area (Å²) < 4.78 is 18.6. The van der Waals surface area contributed by atoms with Gasteiger partial charge in [-0.3, -0.25) is 9.59 Å². The van der Waals surface area contributed by atoms with E-state index >= 15 is 0 Å². The van der Waals surface area contributed by atoms with Gasteiger partial charge in [-0.25, -0.2) is 4.39 Å². The molecule has 0 unspecified atom stereocenters. The first-order valence-electron chi connectivity index (χ1n) is 4.76. The van der Waals surface area contributed by atoms with Crippen LogP contribution in [0.15, 0.2) is 34.7 Å². The average molecular weight is 233 g/mol.